The van der Waals surface area contributed by atoms with E-state index in [9.17, 15) is 18.0 Å². The molecule has 0 spiro atoms. The van der Waals surface area contributed by atoms with Gasteiger partial charge in [0.15, 0.2) is 5.82 Å². The van der Waals surface area contributed by atoms with Crippen molar-refractivity contribution in [2.24, 2.45) is 11.0 Å². The van der Waals surface area contributed by atoms with E-state index in [2.05, 4.69) is 36.5 Å². The predicted octanol–water partition coefficient (Wildman–Crippen LogP) is 4.95. The van der Waals surface area contributed by atoms with Gasteiger partial charge in [-0.25, -0.2) is 13.9 Å². The Kier molecular flexibility index (Phi) is 8.50. The number of carbonyl (C=O) groups excluding carboxylic acids is 2. The Morgan fingerprint density at radius 2 is 1.93 bits per heavy atom. The molecular formula is C26H23BrCl2N6O5S. The second-order valence-electron chi connectivity index (χ2n) is 9.47. The van der Waals surface area contributed by atoms with Gasteiger partial charge in [-0.05, 0) is 68.1 Å². The Labute approximate surface area is 255 Å². The zero-order chi connectivity index (χ0) is 29.3. The lowest BCUT2D eigenvalue weighted by atomic mass is 10.1. The van der Waals surface area contributed by atoms with Gasteiger partial charge in [0.2, 0.25) is 5.90 Å². The molecule has 1 N–H and O–H groups in total. The summed E-state index contributed by atoms with van der Waals surface area (Å²) in [6.07, 6.45) is 5.86. The van der Waals surface area contributed by atoms with Crippen molar-refractivity contribution in [1.82, 2.24) is 15.3 Å². The van der Waals surface area contributed by atoms with Crippen molar-refractivity contribution in [3.05, 3.63) is 76.7 Å². The fraction of sp³-hybridized carbons (Fsp3) is 0.269. The van der Waals surface area contributed by atoms with E-state index in [4.69, 9.17) is 27.4 Å². The van der Waals surface area contributed by atoms with Crippen molar-refractivity contribution in [1.29, 1.82) is 0 Å². The van der Waals surface area contributed by atoms with Crippen LogP contribution < -0.4 is 14.3 Å². The third kappa shape index (κ3) is 6.48. The molecule has 1 aliphatic carbocycles. The van der Waals surface area contributed by atoms with E-state index in [0.717, 1.165) is 23.0 Å². The second kappa shape index (κ2) is 11.9. The van der Waals surface area contributed by atoms with Gasteiger partial charge in [-0.15, -0.1) is 5.10 Å². The number of carbonyl (C=O) groups is 2. The van der Waals surface area contributed by atoms with Crippen molar-refractivity contribution in [3.63, 3.8) is 0 Å². The zero-order valence-corrected chi connectivity index (χ0v) is 25.4. The summed E-state index contributed by atoms with van der Waals surface area (Å²) in [5.41, 5.74) is 0.400. The summed E-state index contributed by atoms with van der Waals surface area (Å²) in [5, 5.41) is 8.91. The average molecular weight is 682 g/mol. The fourth-order valence-corrected chi connectivity index (χ4v) is 6.06. The number of benzene rings is 1. The molecule has 15 heteroatoms. The lowest BCUT2D eigenvalue weighted by Crippen LogP contribution is -2.42. The third-order valence-corrected chi connectivity index (χ3v) is 9.04. The van der Waals surface area contributed by atoms with Crippen molar-refractivity contribution in [2.45, 2.75) is 43.2 Å². The lowest BCUT2D eigenvalue weighted by Gasteiger charge is -2.26. The van der Waals surface area contributed by atoms with Crippen LogP contribution in [0.2, 0.25) is 10.0 Å². The molecule has 41 heavy (non-hydrogen) atoms. The van der Waals surface area contributed by atoms with Crippen LogP contribution >= 0.6 is 39.3 Å². The first-order chi connectivity index (χ1) is 19.5. The molecule has 11 nitrogen and oxygen atoms in total. The van der Waals surface area contributed by atoms with Crippen molar-refractivity contribution < 1.29 is 22.2 Å². The minimum atomic E-state index is -4.29. The second-order valence-corrected chi connectivity index (χ2v) is 12.6. The van der Waals surface area contributed by atoms with Crippen molar-refractivity contribution >= 4 is 78.7 Å². The molecule has 0 bridgehead atoms. The Balaban J connectivity index is 1.45. The topological polar surface area (TPSA) is 134 Å². The molecule has 5 rings (SSSR count). The maximum atomic E-state index is 13.9. The number of hydrazone groups is 1. The molecule has 3 heterocycles. The highest BCUT2D eigenvalue weighted by molar-refractivity contribution is 9.10. The summed E-state index contributed by atoms with van der Waals surface area (Å²) in [7, 11) is -4.29. The SMILES string of the molecule is CC(NC(=O)c1cc(Cl)ccc1N(Br)C(=O)C1CC(OS(=O)(=O)c2cccnc2)=NN1c1ncccc1Cl)C1CC1. The predicted molar refractivity (Wildman–Crippen MR) is 158 cm³/mol. The van der Waals surface area contributed by atoms with Gasteiger partial charge in [0.1, 0.15) is 10.9 Å². The zero-order valence-electron chi connectivity index (χ0n) is 21.4. The van der Waals surface area contributed by atoms with Crippen molar-refractivity contribution in [3.8, 4) is 0 Å². The highest BCUT2D eigenvalue weighted by atomic mass is 79.9. The van der Waals surface area contributed by atoms with Gasteiger partial charge in [-0.2, -0.15) is 8.42 Å². The molecule has 2 aliphatic rings. The minimum absolute atomic E-state index is 0.0414. The Bertz CT molecular complexity index is 1620. The molecular weight excluding hydrogens is 659 g/mol. The summed E-state index contributed by atoms with van der Waals surface area (Å²) < 4.78 is 32.1. The number of pyridine rings is 2. The maximum absolute atomic E-state index is 13.9. The van der Waals surface area contributed by atoms with E-state index >= 15 is 0 Å². The highest BCUT2D eigenvalue weighted by Gasteiger charge is 2.41. The van der Waals surface area contributed by atoms with Crippen LogP contribution in [0.4, 0.5) is 11.5 Å². The monoisotopic (exact) mass is 680 g/mol. The normalized spacial score (nSPS) is 17.5. The first-order valence-corrected chi connectivity index (χ1v) is 15.3. The quantitative estimate of drug-likeness (QED) is 0.261. The Morgan fingerprint density at radius 3 is 2.61 bits per heavy atom. The minimum Gasteiger partial charge on any atom is -0.361 e. The summed E-state index contributed by atoms with van der Waals surface area (Å²) in [6.45, 7) is 1.93. The van der Waals surface area contributed by atoms with Gasteiger partial charge >= 0.3 is 10.1 Å². The molecule has 0 saturated heterocycles. The summed E-state index contributed by atoms with van der Waals surface area (Å²) in [6, 6.07) is 9.31. The molecule has 1 aliphatic heterocycles. The summed E-state index contributed by atoms with van der Waals surface area (Å²) in [4.78, 5) is 35.0. The smallest absolute Gasteiger partial charge is 0.341 e. The number of hydrogen-bond acceptors (Lipinski definition) is 9. The van der Waals surface area contributed by atoms with Gasteiger partial charge in [0.05, 0.1) is 38.8 Å². The van der Waals surface area contributed by atoms with Gasteiger partial charge < -0.3 is 9.50 Å². The van der Waals surface area contributed by atoms with Crippen LogP contribution in [0.15, 0.2) is 71.1 Å². The van der Waals surface area contributed by atoms with Crippen LogP contribution in [0.3, 0.4) is 0 Å². The standard InChI is InChI=1S/C26H23BrCl2N6O5S/c1-15(16-6-7-16)32-25(36)19-12-17(28)8-9-21(19)34(27)26(37)22-13-23(33-35(22)24-20(29)5-3-11-31-24)40-41(38,39)18-4-2-10-30-14-18/h2-5,8-12,14-16,22H,6-7,13H2,1H3,(H,32,36). The molecule has 1 saturated carbocycles. The fourth-order valence-electron chi connectivity index (χ4n) is 4.25. The van der Waals surface area contributed by atoms with Crippen LogP contribution in [0.1, 0.15) is 36.5 Å². The van der Waals surface area contributed by atoms with E-state index in [1.165, 1.54) is 41.7 Å². The number of amides is 2. The number of aromatic nitrogens is 2. The van der Waals surface area contributed by atoms with Gasteiger partial charge in [-0.1, -0.05) is 23.2 Å². The van der Waals surface area contributed by atoms with Crippen LogP contribution in [0.25, 0.3) is 0 Å². The molecule has 1 aromatic carbocycles. The molecule has 1 fully saturated rings. The van der Waals surface area contributed by atoms with Crippen LogP contribution in [0, 0.1) is 5.92 Å². The largest absolute Gasteiger partial charge is 0.361 e. The average Bonchev–Trinajstić information content (AvgIpc) is 3.73. The Morgan fingerprint density at radius 1 is 1.17 bits per heavy atom. The Hall–Kier alpha value is -3.26. The lowest BCUT2D eigenvalue weighted by molar-refractivity contribution is -0.118. The molecule has 2 amide bonds. The van der Waals surface area contributed by atoms with Crippen LogP contribution in [0.5, 0.6) is 0 Å². The number of hydrogen-bond donors (Lipinski definition) is 1. The molecule has 2 unspecified atom stereocenters. The summed E-state index contributed by atoms with van der Waals surface area (Å²) in [5.74, 6) is -0.727. The third-order valence-electron chi connectivity index (χ3n) is 6.55. The van der Waals surface area contributed by atoms with Gasteiger partial charge in [0, 0.05) is 29.7 Å². The molecule has 2 atom stereocenters. The highest BCUT2D eigenvalue weighted by Crippen LogP contribution is 2.35. The molecule has 214 valence electrons. The summed E-state index contributed by atoms with van der Waals surface area (Å²) >= 11 is 15.9. The number of rotatable bonds is 8. The first kappa shape index (κ1) is 29.2. The molecule has 2 aromatic heterocycles. The van der Waals surface area contributed by atoms with E-state index in [1.54, 1.807) is 18.2 Å². The van der Waals surface area contributed by atoms with Crippen molar-refractivity contribution in [2.75, 3.05) is 8.93 Å². The number of anilines is 2. The van der Waals surface area contributed by atoms with E-state index in [0.29, 0.717) is 10.9 Å². The molecule has 3 aromatic rings. The van der Waals surface area contributed by atoms with Gasteiger partial charge in [0.25, 0.3) is 11.8 Å². The number of nitrogens with one attached hydrogen (secondary N) is 1. The van der Waals surface area contributed by atoms with E-state index < -0.39 is 28.0 Å². The molecule has 0 radical (unpaired) electrons. The first-order valence-electron chi connectivity index (χ1n) is 12.5. The van der Waals surface area contributed by atoms with Gasteiger partial charge in [-0.3, -0.25) is 14.6 Å². The maximum Gasteiger partial charge on any atom is 0.341 e. The number of nitrogens with zero attached hydrogens (tertiary/aromatic N) is 5. The van der Waals surface area contributed by atoms with E-state index in [1.807, 2.05) is 6.92 Å². The van der Waals surface area contributed by atoms with Crippen LogP contribution in [-0.2, 0) is 19.1 Å². The van der Waals surface area contributed by atoms with Crippen LogP contribution in [-0.4, -0.2) is 48.2 Å². The van der Waals surface area contributed by atoms with E-state index in [-0.39, 0.29) is 45.3 Å². The number of halogens is 3.